The van der Waals surface area contributed by atoms with E-state index in [1.807, 2.05) is 69.2 Å². The van der Waals surface area contributed by atoms with Gasteiger partial charge in [-0.3, -0.25) is 0 Å². The summed E-state index contributed by atoms with van der Waals surface area (Å²) in [6, 6.07) is 17.9. The molecule has 0 saturated heterocycles. The molecule has 0 aliphatic heterocycles. The van der Waals surface area contributed by atoms with E-state index in [1.165, 1.54) is 22.3 Å². The zero-order valence-corrected chi connectivity index (χ0v) is 23.6. The zero-order chi connectivity index (χ0) is 25.0. The van der Waals surface area contributed by atoms with Crippen molar-refractivity contribution in [1.29, 1.82) is 0 Å². The largest absolute Gasteiger partial charge is 0.0776 e. The smallest absolute Gasteiger partial charge is 0.0132 e. The summed E-state index contributed by atoms with van der Waals surface area (Å²) in [5.41, 5.74) is 5.78. The van der Waals surface area contributed by atoms with Crippen LogP contribution in [0.2, 0.25) is 0 Å². The lowest BCUT2D eigenvalue weighted by Crippen LogP contribution is -2.10. The Bertz CT molecular complexity index is 502. The van der Waals surface area contributed by atoms with Gasteiger partial charge < -0.3 is 0 Å². The van der Waals surface area contributed by atoms with Gasteiger partial charge in [0.1, 0.15) is 0 Å². The molecule has 2 rings (SSSR count). The maximum atomic E-state index is 2.25. The van der Waals surface area contributed by atoms with Crippen molar-refractivity contribution < 1.29 is 0 Å². The number of hydrogen-bond donors (Lipinski definition) is 0. The number of benzene rings is 2. The molecule has 0 amide bonds. The maximum Gasteiger partial charge on any atom is -0.0132 e. The molecule has 32 heavy (non-hydrogen) atoms. The molecule has 2 aromatic rings. The third-order valence-corrected chi connectivity index (χ3v) is 3.84. The van der Waals surface area contributed by atoms with Crippen LogP contribution in [0.4, 0.5) is 0 Å². The fourth-order valence-electron chi connectivity index (χ4n) is 2.33. The van der Waals surface area contributed by atoms with Gasteiger partial charge in [-0.15, -0.1) is 0 Å². The molecular formula is C32H64. The summed E-state index contributed by atoms with van der Waals surface area (Å²) >= 11 is 0. The van der Waals surface area contributed by atoms with E-state index in [9.17, 15) is 0 Å². The summed E-state index contributed by atoms with van der Waals surface area (Å²) in [7, 11) is 0. The standard InChI is InChI=1S/C20H26.5C2H6.2CH4/c1-19(2,3)17-11-7-15(8-12-17)16-9-13-18(14-10-16)20(4,5)6;5*1-2;;/h7-14H,1-6H3;5*1-2H3;2*1H4. The SMILES string of the molecule is C.C.CC.CC.CC.CC.CC.CC(C)(C)c1ccc(-c2ccc(C(C)(C)C)cc2)cc1. The Labute approximate surface area is 207 Å². The lowest BCUT2D eigenvalue weighted by molar-refractivity contribution is 0.590. The Morgan fingerprint density at radius 3 is 0.625 bits per heavy atom. The van der Waals surface area contributed by atoms with Gasteiger partial charge in [0.25, 0.3) is 0 Å². The lowest BCUT2D eigenvalue weighted by atomic mass is 9.85. The fourth-order valence-corrected chi connectivity index (χ4v) is 2.33. The van der Waals surface area contributed by atoms with Crippen LogP contribution in [0.5, 0.6) is 0 Å². The minimum atomic E-state index is 0. The van der Waals surface area contributed by atoms with Crippen molar-refractivity contribution in [2.45, 2.75) is 136 Å². The van der Waals surface area contributed by atoms with E-state index in [-0.39, 0.29) is 25.7 Å². The first-order chi connectivity index (χ1) is 14.2. The molecule has 0 bridgehead atoms. The average Bonchev–Trinajstić information content (AvgIpc) is 2.80. The third kappa shape index (κ3) is 18.1. The van der Waals surface area contributed by atoms with Crippen LogP contribution in [0.25, 0.3) is 11.1 Å². The van der Waals surface area contributed by atoms with Gasteiger partial charge in [0.2, 0.25) is 0 Å². The first kappa shape index (κ1) is 44.2. The van der Waals surface area contributed by atoms with Gasteiger partial charge in [0.15, 0.2) is 0 Å². The van der Waals surface area contributed by atoms with Crippen LogP contribution in [0.1, 0.15) is 137 Å². The van der Waals surface area contributed by atoms with Crippen molar-refractivity contribution in [3.8, 4) is 11.1 Å². The highest BCUT2D eigenvalue weighted by Gasteiger charge is 2.14. The second kappa shape index (κ2) is 25.7. The Hall–Kier alpha value is -1.56. The lowest BCUT2D eigenvalue weighted by Gasteiger charge is -2.20. The van der Waals surface area contributed by atoms with Crippen LogP contribution in [-0.2, 0) is 10.8 Å². The highest BCUT2D eigenvalue weighted by Crippen LogP contribution is 2.28. The molecule has 192 valence electrons. The topological polar surface area (TPSA) is 0 Å². The van der Waals surface area contributed by atoms with Crippen LogP contribution in [0.3, 0.4) is 0 Å². The maximum absolute atomic E-state index is 2.25. The molecule has 0 fully saturated rings. The molecule has 0 aromatic heterocycles. The first-order valence-corrected chi connectivity index (χ1v) is 12.4. The van der Waals surface area contributed by atoms with Crippen molar-refractivity contribution in [1.82, 2.24) is 0 Å². The molecule has 0 spiro atoms. The minimum absolute atomic E-state index is 0. The molecular weight excluding hydrogens is 384 g/mol. The van der Waals surface area contributed by atoms with Crippen molar-refractivity contribution >= 4 is 0 Å². The van der Waals surface area contributed by atoms with Crippen LogP contribution in [0, 0.1) is 0 Å². The molecule has 0 aliphatic rings. The summed E-state index contributed by atoms with van der Waals surface area (Å²) in [4.78, 5) is 0. The summed E-state index contributed by atoms with van der Waals surface area (Å²) in [6.07, 6.45) is 0. The number of rotatable bonds is 1. The van der Waals surface area contributed by atoms with E-state index in [1.54, 1.807) is 0 Å². The molecule has 0 heterocycles. The predicted molar refractivity (Wildman–Crippen MR) is 159 cm³/mol. The quantitative estimate of drug-likeness (QED) is 0.407. The molecule has 0 atom stereocenters. The Morgan fingerprint density at radius 2 is 0.500 bits per heavy atom. The summed E-state index contributed by atoms with van der Waals surface area (Å²) < 4.78 is 0. The molecule has 0 aliphatic carbocycles. The van der Waals surface area contributed by atoms with Gasteiger partial charge in [0.05, 0.1) is 0 Å². The van der Waals surface area contributed by atoms with E-state index in [2.05, 4.69) is 90.1 Å². The second-order valence-electron chi connectivity index (χ2n) is 7.65. The normalized spacial score (nSPS) is 8.75. The molecule has 0 saturated carbocycles. The highest BCUT2D eigenvalue weighted by molar-refractivity contribution is 5.64. The Kier molecular flexibility index (Phi) is 35.5. The Balaban J connectivity index is -0.000000125. The van der Waals surface area contributed by atoms with Gasteiger partial charge in [-0.2, -0.15) is 0 Å². The van der Waals surface area contributed by atoms with Crippen molar-refractivity contribution in [3.63, 3.8) is 0 Å². The zero-order valence-electron chi connectivity index (χ0n) is 23.6. The molecule has 0 heteroatoms. The van der Waals surface area contributed by atoms with Gasteiger partial charge >= 0.3 is 0 Å². The molecule has 2 aromatic carbocycles. The van der Waals surface area contributed by atoms with Crippen LogP contribution >= 0.6 is 0 Å². The highest BCUT2D eigenvalue weighted by atomic mass is 14.2. The van der Waals surface area contributed by atoms with E-state index in [0.29, 0.717) is 0 Å². The van der Waals surface area contributed by atoms with E-state index < -0.39 is 0 Å². The number of hydrogen-bond acceptors (Lipinski definition) is 0. The van der Waals surface area contributed by atoms with Gasteiger partial charge in [-0.25, -0.2) is 0 Å². The van der Waals surface area contributed by atoms with E-state index in [4.69, 9.17) is 0 Å². The molecule has 0 radical (unpaired) electrons. The molecule has 0 N–H and O–H groups in total. The Morgan fingerprint density at radius 1 is 0.344 bits per heavy atom. The third-order valence-electron chi connectivity index (χ3n) is 3.84. The molecule has 0 nitrogen and oxygen atoms in total. The van der Waals surface area contributed by atoms with E-state index >= 15 is 0 Å². The van der Waals surface area contributed by atoms with Crippen molar-refractivity contribution in [3.05, 3.63) is 59.7 Å². The second-order valence-corrected chi connectivity index (χ2v) is 7.65. The van der Waals surface area contributed by atoms with E-state index in [0.717, 1.165) is 0 Å². The van der Waals surface area contributed by atoms with Crippen LogP contribution in [-0.4, -0.2) is 0 Å². The summed E-state index contributed by atoms with van der Waals surface area (Å²) in [5, 5.41) is 0. The van der Waals surface area contributed by atoms with Crippen molar-refractivity contribution in [2.75, 3.05) is 0 Å². The predicted octanol–water partition coefficient (Wildman–Crippen LogP) is 12.4. The van der Waals surface area contributed by atoms with Gasteiger partial charge in [0, 0.05) is 0 Å². The van der Waals surface area contributed by atoms with Crippen LogP contribution in [0.15, 0.2) is 48.5 Å². The average molecular weight is 449 g/mol. The first-order valence-electron chi connectivity index (χ1n) is 12.4. The van der Waals surface area contributed by atoms with Crippen LogP contribution < -0.4 is 0 Å². The fraction of sp³-hybridized carbons (Fsp3) is 0.625. The van der Waals surface area contributed by atoms with Gasteiger partial charge in [-0.05, 0) is 33.1 Å². The minimum Gasteiger partial charge on any atom is -0.0776 e. The van der Waals surface area contributed by atoms with Gasteiger partial charge in [-0.1, -0.05) is 174 Å². The summed E-state index contributed by atoms with van der Waals surface area (Å²) in [6.45, 7) is 33.5. The monoisotopic (exact) mass is 449 g/mol. The van der Waals surface area contributed by atoms with Crippen molar-refractivity contribution in [2.24, 2.45) is 0 Å². The summed E-state index contributed by atoms with van der Waals surface area (Å²) in [5.74, 6) is 0. The molecule has 0 unspecified atom stereocenters.